The molecule has 1 N–H and O–H groups in total. The van der Waals surface area contributed by atoms with Crippen molar-refractivity contribution in [2.24, 2.45) is 0 Å². The fourth-order valence-corrected chi connectivity index (χ4v) is 1.73. The van der Waals surface area contributed by atoms with E-state index in [2.05, 4.69) is 22.2 Å². The lowest BCUT2D eigenvalue weighted by Gasteiger charge is -2.11. The number of hydrogen-bond acceptors (Lipinski definition) is 4. The van der Waals surface area contributed by atoms with Gasteiger partial charge in [-0.2, -0.15) is 0 Å². The van der Waals surface area contributed by atoms with Gasteiger partial charge in [-0.05, 0) is 42.7 Å². The summed E-state index contributed by atoms with van der Waals surface area (Å²) in [6.07, 6.45) is 7.32. The first-order valence-corrected chi connectivity index (χ1v) is 6.60. The van der Waals surface area contributed by atoms with Crippen molar-refractivity contribution in [2.75, 3.05) is 18.5 Å². The van der Waals surface area contributed by atoms with Gasteiger partial charge in [-0.25, -0.2) is 4.98 Å². The van der Waals surface area contributed by atoms with Crippen LogP contribution in [0.5, 0.6) is 5.75 Å². The molecule has 0 radical (unpaired) electrons. The molecule has 4 nitrogen and oxygen atoms in total. The minimum absolute atomic E-state index is 0.713. The van der Waals surface area contributed by atoms with Crippen LogP contribution in [-0.4, -0.2) is 23.1 Å². The summed E-state index contributed by atoms with van der Waals surface area (Å²) < 4.78 is 5.65. The fourth-order valence-electron chi connectivity index (χ4n) is 1.73. The molecule has 0 aromatic carbocycles. The van der Waals surface area contributed by atoms with Crippen LogP contribution >= 0.6 is 0 Å². The summed E-state index contributed by atoms with van der Waals surface area (Å²) in [5, 5.41) is 3.31. The average Bonchev–Trinajstić information content (AvgIpc) is 2.47. The Kier molecular flexibility index (Phi) is 5.17. The van der Waals surface area contributed by atoms with E-state index in [9.17, 15) is 0 Å². The maximum absolute atomic E-state index is 5.65. The summed E-state index contributed by atoms with van der Waals surface area (Å²) >= 11 is 0. The molecule has 4 heteroatoms. The van der Waals surface area contributed by atoms with Gasteiger partial charge in [-0.15, -0.1) is 0 Å². The molecule has 0 aliphatic carbocycles. The van der Waals surface area contributed by atoms with Crippen LogP contribution in [0.4, 0.5) is 5.82 Å². The fraction of sp³-hybridized carbons (Fsp3) is 0.333. The van der Waals surface area contributed by atoms with Gasteiger partial charge in [0.2, 0.25) is 0 Å². The van der Waals surface area contributed by atoms with E-state index in [1.807, 2.05) is 36.7 Å². The van der Waals surface area contributed by atoms with E-state index in [4.69, 9.17) is 4.74 Å². The molecule has 0 unspecified atom stereocenters. The van der Waals surface area contributed by atoms with Crippen LogP contribution in [0.25, 0.3) is 0 Å². The first-order valence-electron chi connectivity index (χ1n) is 6.60. The molecule has 0 amide bonds. The van der Waals surface area contributed by atoms with E-state index in [1.54, 1.807) is 6.20 Å². The highest BCUT2D eigenvalue weighted by molar-refractivity contribution is 5.49. The average molecular weight is 257 g/mol. The highest BCUT2D eigenvalue weighted by Crippen LogP contribution is 2.20. The predicted octanol–water partition coefficient (Wildman–Crippen LogP) is 2.92. The molecule has 19 heavy (non-hydrogen) atoms. The first-order chi connectivity index (χ1) is 9.40. The molecular formula is C15H19N3O. The third-order valence-corrected chi connectivity index (χ3v) is 2.69. The van der Waals surface area contributed by atoms with Crippen LogP contribution in [0.2, 0.25) is 0 Å². The van der Waals surface area contributed by atoms with E-state index in [0.29, 0.717) is 6.61 Å². The number of ether oxygens (including phenoxy) is 1. The monoisotopic (exact) mass is 257 g/mol. The first kappa shape index (κ1) is 13.3. The summed E-state index contributed by atoms with van der Waals surface area (Å²) in [5.74, 6) is 1.63. The standard InChI is InChI=1S/C15H19N3O/c1-2-12-19-14-4-3-8-17-15(14)18-11-7-13-5-9-16-10-6-13/h3-6,8-10H,2,7,11-12H2,1H3,(H,17,18). The number of hydrogen-bond donors (Lipinski definition) is 1. The lowest BCUT2D eigenvalue weighted by molar-refractivity contribution is 0.318. The van der Waals surface area contributed by atoms with Crippen LogP contribution in [0, 0.1) is 0 Å². The Morgan fingerprint density at radius 3 is 2.79 bits per heavy atom. The van der Waals surface area contributed by atoms with Crippen molar-refractivity contribution in [2.45, 2.75) is 19.8 Å². The zero-order valence-corrected chi connectivity index (χ0v) is 11.2. The minimum Gasteiger partial charge on any atom is -0.490 e. The topological polar surface area (TPSA) is 47.0 Å². The molecule has 2 rings (SSSR count). The van der Waals surface area contributed by atoms with Gasteiger partial charge in [0.1, 0.15) is 0 Å². The quantitative estimate of drug-likeness (QED) is 0.828. The van der Waals surface area contributed by atoms with Crippen molar-refractivity contribution < 1.29 is 4.74 Å². The summed E-state index contributed by atoms with van der Waals surface area (Å²) in [7, 11) is 0. The van der Waals surface area contributed by atoms with Crippen molar-refractivity contribution >= 4 is 5.82 Å². The summed E-state index contributed by atoms with van der Waals surface area (Å²) in [4.78, 5) is 8.32. The van der Waals surface area contributed by atoms with Crippen LogP contribution in [0.1, 0.15) is 18.9 Å². The van der Waals surface area contributed by atoms with Crippen molar-refractivity contribution in [3.05, 3.63) is 48.4 Å². The van der Waals surface area contributed by atoms with E-state index in [-0.39, 0.29) is 0 Å². The number of rotatable bonds is 7. The second-order valence-corrected chi connectivity index (χ2v) is 4.23. The SMILES string of the molecule is CCCOc1cccnc1NCCc1ccncc1. The smallest absolute Gasteiger partial charge is 0.168 e. The van der Waals surface area contributed by atoms with Crippen molar-refractivity contribution in [3.63, 3.8) is 0 Å². The predicted molar refractivity (Wildman–Crippen MR) is 76.5 cm³/mol. The van der Waals surface area contributed by atoms with Crippen molar-refractivity contribution in [1.82, 2.24) is 9.97 Å². The van der Waals surface area contributed by atoms with Gasteiger partial charge >= 0.3 is 0 Å². The molecule has 100 valence electrons. The molecular weight excluding hydrogens is 238 g/mol. The Balaban J connectivity index is 1.88. The second kappa shape index (κ2) is 7.36. The van der Waals surface area contributed by atoms with Crippen LogP contribution in [0.15, 0.2) is 42.9 Å². The Hall–Kier alpha value is -2.10. The van der Waals surface area contributed by atoms with Gasteiger partial charge in [-0.3, -0.25) is 4.98 Å². The number of nitrogens with zero attached hydrogens (tertiary/aromatic N) is 2. The Morgan fingerprint density at radius 1 is 1.16 bits per heavy atom. The number of nitrogens with one attached hydrogen (secondary N) is 1. The number of pyridine rings is 2. The molecule has 0 aliphatic heterocycles. The second-order valence-electron chi connectivity index (χ2n) is 4.23. The molecule has 0 bridgehead atoms. The van der Waals surface area contributed by atoms with Gasteiger partial charge < -0.3 is 10.1 Å². The summed E-state index contributed by atoms with van der Waals surface area (Å²) in [6.45, 7) is 3.63. The van der Waals surface area contributed by atoms with Gasteiger partial charge in [-0.1, -0.05) is 6.92 Å². The van der Waals surface area contributed by atoms with Gasteiger partial charge in [0.25, 0.3) is 0 Å². The third kappa shape index (κ3) is 4.25. The Morgan fingerprint density at radius 2 is 2.00 bits per heavy atom. The normalized spacial score (nSPS) is 10.2. The molecule has 0 saturated heterocycles. The molecule has 2 aromatic heterocycles. The molecule has 0 spiro atoms. The zero-order valence-electron chi connectivity index (χ0n) is 11.2. The molecule has 2 aromatic rings. The number of aromatic nitrogens is 2. The van der Waals surface area contributed by atoms with Gasteiger partial charge in [0.15, 0.2) is 11.6 Å². The molecule has 0 aliphatic rings. The Labute approximate surface area is 113 Å². The summed E-state index contributed by atoms with van der Waals surface area (Å²) in [5.41, 5.74) is 1.26. The van der Waals surface area contributed by atoms with Crippen LogP contribution in [-0.2, 0) is 6.42 Å². The maximum Gasteiger partial charge on any atom is 0.168 e. The molecule has 0 saturated carbocycles. The Bertz CT molecular complexity index is 488. The largest absolute Gasteiger partial charge is 0.490 e. The highest BCUT2D eigenvalue weighted by Gasteiger charge is 2.03. The number of anilines is 1. The minimum atomic E-state index is 0.713. The molecule has 2 heterocycles. The zero-order chi connectivity index (χ0) is 13.3. The van der Waals surface area contributed by atoms with E-state index >= 15 is 0 Å². The molecule has 0 atom stereocenters. The highest BCUT2D eigenvalue weighted by atomic mass is 16.5. The lowest BCUT2D eigenvalue weighted by Crippen LogP contribution is -2.08. The van der Waals surface area contributed by atoms with Crippen molar-refractivity contribution in [1.29, 1.82) is 0 Å². The summed E-state index contributed by atoms with van der Waals surface area (Å²) in [6, 6.07) is 7.87. The lowest BCUT2D eigenvalue weighted by atomic mass is 10.2. The van der Waals surface area contributed by atoms with Gasteiger partial charge in [0.05, 0.1) is 6.61 Å². The van der Waals surface area contributed by atoms with E-state index in [1.165, 1.54) is 5.56 Å². The maximum atomic E-state index is 5.65. The van der Waals surface area contributed by atoms with Gasteiger partial charge in [0, 0.05) is 25.1 Å². The van der Waals surface area contributed by atoms with Crippen molar-refractivity contribution in [3.8, 4) is 5.75 Å². The van der Waals surface area contributed by atoms with Crippen LogP contribution in [0.3, 0.4) is 0 Å². The molecule has 0 fully saturated rings. The third-order valence-electron chi connectivity index (χ3n) is 2.69. The van der Waals surface area contributed by atoms with Crippen LogP contribution < -0.4 is 10.1 Å². The van der Waals surface area contributed by atoms with E-state index in [0.717, 1.165) is 31.0 Å². The van der Waals surface area contributed by atoms with E-state index < -0.39 is 0 Å².